The van der Waals surface area contributed by atoms with Gasteiger partial charge in [0.15, 0.2) is 0 Å². The van der Waals surface area contributed by atoms with Crippen molar-refractivity contribution in [2.75, 3.05) is 7.11 Å². The molecule has 1 N–H and O–H groups in total. The zero-order chi connectivity index (χ0) is 29.3. The van der Waals surface area contributed by atoms with Gasteiger partial charge in [0.05, 0.1) is 36.9 Å². The monoisotopic (exact) mass is 565 g/mol. The maximum Gasteiger partial charge on any atom is 0.332 e. The number of ether oxygens (including phenoxy) is 2. The van der Waals surface area contributed by atoms with E-state index in [-0.39, 0.29) is 29.4 Å². The number of hydrogen-bond acceptors (Lipinski definition) is 7. The number of fused-ring (bicyclic) bond motifs is 1. The second kappa shape index (κ2) is 11.3. The average molecular weight is 566 g/mol. The molecule has 0 saturated heterocycles. The molecular weight excluding hydrogens is 533 g/mol. The molecule has 2 aromatic carbocycles. The molecule has 1 atom stereocenters. The van der Waals surface area contributed by atoms with Crippen molar-refractivity contribution >= 4 is 16.9 Å². The largest absolute Gasteiger partial charge is 0.496 e. The lowest BCUT2D eigenvalue weighted by atomic mass is 9.97. The highest BCUT2D eigenvalue weighted by molar-refractivity contribution is 5.83. The van der Waals surface area contributed by atoms with Crippen LogP contribution in [0.1, 0.15) is 57.6 Å². The third kappa shape index (κ3) is 5.41. The Morgan fingerprint density at radius 1 is 1.17 bits per heavy atom. The van der Waals surface area contributed by atoms with Gasteiger partial charge in [-0.3, -0.25) is 9.36 Å². The number of halogens is 1. The SMILES string of the molecule is COc1ccc(F)cc1[C@H](Cn1c(=O)n(C(C)(C)C(=O)O)c(=O)c2cc(-c3ncco3)ccc21)OC1CCCCC1. The number of nitrogens with zero attached hydrogens (tertiary/aromatic N) is 3. The fourth-order valence-corrected chi connectivity index (χ4v) is 5.41. The molecule has 11 heteroatoms. The quantitative estimate of drug-likeness (QED) is 0.305. The van der Waals surface area contributed by atoms with Gasteiger partial charge in [-0.1, -0.05) is 19.3 Å². The lowest BCUT2D eigenvalue weighted by Gasteiger charge is -2.30. The Kier molecular flexibility index (Phi) is 7.81. The number of aliphatic carboxylic acids is 1. The van der Waals surface area contributed by atoms with E-state index in [2.05, 4.69) is 4.98 Å². The van der Waals surface area contributed by atoms with E-state index in [4.69, 9.17) is 13.9 Å². The normalized spacial score (nSPS) is 15.2. The first-order valence-corrected chi connectivity index (χ1v) is 13.5. The van der Waals surface area contributed by atoms with Crippen LogP contribution in [0.15, 0.2) is 62.9 Å². The van der Waals surface area contributed by atoms with Crippen molar-refractivity contribution < 1.29 is 28.2 Å². The molecule has 2 aromatic heterocycles. The van der Waals surface area contributed by atoms with Gasteiger partial charge < -0.3 is 19.0 Å². The smallest absolute Gasteiger partial charge is 0.332 e. The van der Waals surface area contributed by atoms with Crippen LogP contribution in [-0.2, 0) is 21.6 Å². The second-order valence-electron chi connectivity index (χ2n) is 10.7. The molecule has 10 nitrogen and oxygen atoms in total. The van der Waals surface area contributed by atoms with Crippen LogP contribution in [0.2, 0.25) is 0 Å². The number of carboxylic acids is 1. The second-order valence-corrected chi connectivity index (χ2v) is 10.7. The molecular formula is C30H32FN3O7. The minimum atomic E-state index is -1.88. The summed E-state index contributed by atoms with van der Waals surface area (Å²) >= 11 is 0. The summed E-state index contributed by atoms with van der Waals surface area (Å²) in [6, 6.07) is 8.87. The first kappa shape index (κ1) is 28.3. The van der Waals surface area contributed by atoms with Crippen LogP contribution in [-0.4, -0.2) is 38.4 Å². The zero-order valence-electron chi connectivity index (χ0n) is 23.1. The van der Waals surface area contributed by atoms with Crippen molar-refractivity contribution in [2.45, 2.75) is 70.2 Å². The van der Waals surface area contributed by atoms with Crippen molar-refractivity contribution in [3.8, 4) is 17.2 Å². The highest BCUT2D eigenvalue weighted by Crippen LogP contribution is 2.34. The highest BCUT2D eigenvalue weighted by Gasteiger charge is 2.35. The van der Waals surface area contributed by atoms with Crippen molar-refractivity contribution in [2.24, 2.45) is 0 Å². The number of aromatic nitrogens is 3. The number of carboxylic acid groups (broad SMARTS) is 1. The summed E-state index contributed by atoms with van der Waals surface area (Å²) in [6.45, 7) is 2.45. The van der Waals surface area contributed by atoms with Gasteiger partial charge in [0.2, 0.25) is 5.89 Å². The van der Waals surface area contributed by atoms with E-state index in [1.807, 2.05) is 0 Å². The zero-order valence-corrected chi connectivity index (χ0v) is 23.1. The van der Waals surface area contributed by atoms with Gasteiger partial charge in [-0.25, -0.2) is 23.5 Å². The summed E-state index contributed by atoms with van der Waals surface area (Å²) in [5.41, 5.74) is -2.32. The summed E-state index contributed by atoms with van der Waals surface area (Å²) < 4.78 is 34.0. The Morgan fingerprint density at radius 3 is 2.59 bits per heavy atom. The van der Waals surface area contributed by atoms with Crippen molar-refractivity contribution in [1.29, 1.82) is 0 Å². The molecule has 0 spiro atoms. The summed E-state index contributed by atoms with van der Waals surface area (Å²) in [7, 11) is 1.47. The summed E-state index contributed by atoms with van der Waals surface area (Å²) in [6.07, 6.45) is 6.60. The summed E-state index contributed by atoms with van der Waals surface area (Å²) in [5, 5.41) is 10.1. The van der Waals surface area contributed by atoms with E-state index in [1.165, 1.54) is 62.2 Å². The molecule has 2 heterocycles. The third-order valence-electron chi connectivity index (χ3n) is 7.70. The van der Waals surface area contributed by atoms with Gasteiger partial charge in [0, 0.05) is 11.1 Å². The standard InChI is InChI=1S/C30H32FN3O7/c1-30(2,28(36)37)34-27(35)21-15-18(26-32-13-14-40-26)9-11-23(21)33(29(34)38)17-25(41-20-7-5-4-6-8-20)22-16-19(31)10-12-24(22)39-3/h9-16,20,25H,4-8,17H2,1-3H3,(H,36,37)/t25-/m0/s1. The Bertz CT molecular complexity index is 1680. The van der Waals surface area contributed by atoms with Gasteiger partial charge in [0.25, 0.3) is 5.56 Å². The maximum atomic E-state index is 14.5. The number of oxazole rings is 1. The Morgan fingerprint density at radius 2 is 1.93 bits per heavy atom. The Labute approximate surface area is 235 Å². The molecule has 0 unspecified atom stereocenters. The lowest BCUT2D eigenvalue weighted by Crippen LogP contribution is -2.53. The van der Waals surface area contributed by atoms with Crippen LogP contribution in [0.5, 0.6) is 5.75 Å². The van der Waals surface area contributed by atoms with Crippen molar-refractivity contribution in [3.63, 3.8) is 0 Å². The number of rotatable bonds is 9. The molecule has 41 heavy (non-hydrogen) atoms. The van der Waals surface area contributed by atoms with E-state index in [0.717, 1.165) is 36.7 Å². The first-order chi connectivity index (χ1) is 19.6. The third-order valence-corrected chi connectivity index (χ3v) is 7.70. The van der Waals surface area contributed by atoms with Crippen molar-refractivity contribution in [3.05, 3.63) is 81.1 Å². The topological polar surface area (TPSA) is 126 Å². The van der Waals surface area contributed by atoms with E-state index in [1.54, 1.807) is 12.1 Å². The predicted molar refractivity (Wildman–Crippen MR) is 149 cm³/mol. The Hall–Kier alpha value is -4.25. The molecule has 4 aromatic rings. The number of methoxy groups -OCH3 is 1. The van der Waals surface area contributed by atoms with E-state index >= 15 is 0 Å². The van der Waals surface area contributed by atoms with Gasteiger partial charge >= 0.3 is 11.7 Å². The minimum absolute atomic E-state index is 0.0947. The molecule has 1 fully saturated rings. The van der Waals surface area contributed by atoms with E-state index < -0.39 is 34.7 Å². The molecule has 1 aliphatic rings. The number of benzene rings is 2. The molecule has 216 valence electrons. The van der Waals surface area contributed by atoms with Crippen LogP contribution in [0, 0.1) is 5.82 Å². The molecule has 1 saturated carbocycles. The molecule has 0 radical (unpaired) electrons. The first-order valence-electron chi connectivity index (χ1n) is 13.5. The van der Waals surface area contributed by atoms with Gasteiger partial charge in [-0.15, -0.1) is 0 Å². The molecule has 5 rings (SSSR count). The predicted octanol–water partition coefficient (Wildman–Crippen LogP) is 4.88. The number of carbonyl (C=O) groups is 1. The van der Waals surface area contributed by atoms with Gasteiger partial charge in [-0.2, -0.15) is 0 Å². The van der Waals surface area contributed by atoms with Crippen LogP contribution in [0.4, 0.5) is 4.39 Å². The van der Waals surface area contributed by atoms with Crippen LogP contribution >= 0.6 is 0 Å². The average Bonchev–Trinajstić information content (AvgIpc) is 3.50. The molecule has 0 aliphatic heterocycles. The maximum absolute atomic E-state index is 14.5. The fourth-order valence-electron chi connectivity index (χ4n) is 5.41. The van der Waals surface area contributed by atoms with Crippen LogP contribution in [0.25, 0.3) is 22.4 Å². The van der Waals surface area contributed by atoms with Crippen molar-refractivity contribution in [1.82, 2.24) is 14.1 Å². The summed E-state index contributed by atoms with van der Waals surface area (Å²) in [4.78, 5) is 44.1. The summed E-state index contributed by atoms with van der Waals surface area (Å²) in [5.74, 6) is -1.21. The van der Waals surface area contributed by atoms with Crippen LogP contribution < -0.4 is 16.0 Å². The molecule has 0 bridgehead atoms. The Balaban J connectivity index is 1.74. The van der Waals surface area contributed by atoms with Crippen LogP contribution in [0.3, 0.4) is 0 Å². The minimum Gasteiger partial charge on any atom is -0.496 e. The van der Waals surface area contributed by atoms with E-state index in [9.17, 15) is 23.9 Å². The molecule has 1 aliphatic carbocycles. The lowest BCUT2D eigenvalue weighted by molar-refractivity contribution is -0.146. The van der Waals surface area contributed by atoms with E-state index in [0.29, 0.717) is 16.9 Å². The molecule has 0 amide bonds. The fraction of sp³-hybridized carbons (Fsp3) is 0.400. The highest BCUT2D eigenvalue weighted by atomic mass is 19.1. The van der Waals surface area contributed by atoms with Gasteiger partial charge in [0.1, 0.15) is 29.5 Å². The number of hydrogen-bond donors (Lipinski definition) is 1. The van der Waals surface area contributed by atoms with Gasteiger partial charge in [-0.05, 0) is 63.1 Å².